The largest absolute Gasteiger partial charge is 0.326 e. The molecule has 5 nitrogen and oxygen atoms in total. The summed E-state index contributed by atoms with van der Waals surface area (Å²) < 4.78 is 0. The van der Waals surface area contributed by atoms with Crippen molar-refractivity contribution in [3.05, 3.63) is 83.4 Å². The van der Waals surface area contributed by atoms with Crippen LogP contribution in [-0.2, 0) is 29.1 Å². The molecule has 2 atom stereocenters. The molecule has 2 unspecified atom stereocenters. The van der Waals surface area contributed by atoms with Crippen molar-refractivity contribution >= 4 is 22.6 Å². The van der Waals surface area contributed by atoms with Gasteiger partial charge in [-0.25, -0.2) is 0 Å². The van der Waals surface area contributed by atoms with E-state index < -0.39 is 0 Å². The highest BCUT2D eigenvalue weighted by Crippen LogP contribution is 2.31. The van der Waals surface area contributed by atoms with E-state index in [-0.39, 0.29) is 23.9 Å². The highest BCUT2D eigenvalue weighted by Gasteiger charge is 2.49. The summed E-state index contributed by atoms with van der Waals surface area (Å²) in [6, 6.07) is 22.3. The number of piperazine rings is 2. The summed E-state index contributed by atoms with van der Waals surface area (Å²) in [4.78, 5) is 32.8. The van der Waals surface area contributed by atoms with Gasteiger partial charge >= 0.3 is 0 Å². The molecule has 3 aliphatic heterocycles. The number of amides is 2. The topological polar surface area (TPSA) is 43.9 Å². The van der Waals surface area contributed by atoms with Crippen molar-refractivity contribution in [2.75, 3.05) is 19.6 Å². The van der Waals surface area contributed by atoms with Crippen LogP contribution < -0.4 is 0 Å². The molecule has 0 bridgehead atoms. The van der Waals surface area contributed by atoms with Crippen molar-refractivity contribution in [2.24, 2.45) is 0 Å². The molecule has 0 saturated carbocycles. The molecule has 2 amide bonds. The fraction of sp³-hybridized carbons (Fsp3) is 0.308. The average Bonchev–Trinajstić information content (AvgIpc) is 2.82. The van der Waals surface area contributed by atoms with Gasteiger partial charge in [-0.3, -0.25) is 14.5 Å². The van der Waals surface area contributed by atoms with E-state index in [1.165, 1.54) is 21.9 Å². The van der Waals surface area contributed by atoms with Gasteiger partial charge in [0.2, 0.25) is 11.8 Å². The molecule has 5 heteroatoms. The maximum atomic E-state index is 13.5. The van der Waals surface area contributed by atoms with E-state index in [1.807, 2.05) is 21.9 Å². The first-order chi connectivity index (χ1) is 15.2. The van der Waals surface area contributed by atoms with Crippen LogP contribution in [0.4, 0.5) is 0 Å². The fourth-order valence-electron chi connectivity index (χ4n) is 5.49. The van der Waals surface area contributed by atoms with E-state index >= 15 is 0 Å². The minimum Gasteiger partial charge on any atom is -0.326 e. The monoisotopic (exact) mass is 411 g/mol. The summed E-state index contributed by atoms with van der Waals surface area (Å²) >= 11 is 0. The highest BCUT2D eigenvalue weighted by atomic mass is 16.2. The normalized spacial score (nSPS) is 23.5. The molecule has 0 aromatic heterocycles. The maximum Gasteiger partial charge on any atom is 0.247 e. The van der Waals surface area contributed by atoms with Crippen LogP contribution in [0, 0.1) is 0 Å². The van der Waals surface area contributed by atoms with Crippen molar-refractivity contribution in [2.45, 2.75) is 31.6 Å². The quantitative estimate of drug-likeness (QED) is 0.651. The summed E-state index contributed by atoms with van der Waals surface area (Å²) in [5.74, 6) is 0.214. The Balaban J connectivity index is 1.25. The molecule has 156 valence electrons. The van der Waals surface area contributed by atoms with Crippen molar-refractivity contribution < 1.29 is 9.59 Å². The fourth-order valence-corrected chi connectivity index (χ4v) is 5.49. The van der Waals surface area contributed by atoms with Crippen LogP contribution in [0.1, 0.15) is 16.7 Å². The number of benzene rings is 3. The second kappa shape index (κ2) is 7.20. The number of hydrogen-bond donors (Lipinski definition) is 0. The zero-order valence-corrected chi connectivity index (χ0v) is 17.4. The minimum atomic E-state index is -0.377. The van der Waals surface area contributed by atoms with Gasteiger partial charge in [-0.15, -0.1) is 0 Å². The molecule has 3 heterocycles. The number of rotatable bonds is 2. The molecular formula is C26H25N3O2. The number of fused-ring (bicyclic) bond motifs is 4. The third-order valence-corrected chi connectivity index (χ3v) is 7.12. The standard InChI is InChI=1S/C26H25N3O2/c30-25-23-14-19-7-1-2-8-20(19)16-29(23)26(31)24-17-27(12-13-28(24)25)15-21-10-5-9-18-6-3-4-11-22(18)21/h1-11,23-24H,12-17H2. The second-order valence-electron chi connectivity index (χ2n) is 8.88. The lowest BCUT2D eigenvalue weighted by Gasteiger charge is -2.50. The van der Waals surface area contributed by atoms with E-state index in [1.54, 1.807) is 0 Å². The first-order valence-electron chi connectivity index (χ1n) is 11.1. The third-order valence-electron chi connectivity index (χ3n) is 7.12. The summed E-state index contributed by atoms with van der Waals surface area (Å²) in [6.45, 7) is 3.34. The van der Waals surface area contributed by atoms with Gasteiger partial charge in [0.15, 0.2) is 0 Å². The zero-order valence-electron chi connectivity index (χ0n) is 17.4. The molecule has 6 rings (SSSR count). The van der Waals surface area contributed by atoms with Crippen LogP contribution in [0.2, 0.25) is 0 Å². The van der Waals surface area contributed by atoms with E-state index in [0.717, 1.165) is 18.7 Å². The molecule has 0 N–H and O–H groups in total. The molecule has 2 fully saturated rings. The molecule has 3 aromatic rings. The Morgan fingerprint density at radius 3 is 2.39 bits per heavy atom. The molecule has 0 radical (unpaired) electrons. The molecular weight excluding hydrogens is 386 g/mol. The van der Waals surface area contributed by atoms with E-state index in [0.29, 0.717) is 26.1 Å². The Morgan fingerprint density at radius 1 is 0.742 bits per heavy atom. The predicted molar refractivity (Wildman–Crippen MR) is 119 cm³/mol. The first-order valence-corrected chi connectivity index (χ1v) is 11.1. The lowest BCUT2D eigenvalue weighted by atomic mass is 9.89. The van der Waals surface area contributed by atoms with Gasteiger partial charge in [0.1, 0.15) is 12.1 Å². The molecule has 0 aliphatic carbocycles. The molecule has 2 saturated heterocycles. The Labute approximate surface area is 181 Å². The number of carbonyl (C=O) groups excluding carboxylic acids is 2. The van der Waals surface area contributed by atoms with E-state index in [9.17, 15) is 9.59 Å². The van der Waals surface area contributed by atoms with Gasteiger partial charge in [0, 0.05) is 39.1 Å². The van der Waals surface area contributed by atoms with Gasteiger partial charge in [-0.1, -0.05) is 66.7 Å². The summed E-state index contributed by atoms with van der Waals surface area (Å²) in [5.41, 5.74) is 3.63. The zero-order chi connectivity index (χ0) is 20.9. The minimum absolute atomic E-state index is 0.0988. The van der Waals surface area contributed by atoms with Crippen molar-refractivity contribution in [1.29, 1.82) is 0 Å². The average molecular weight is 412 g/mol. The molecule has 3 aliphatic rings. The Bertz CT molecular complexity index is 1180. The highest BCUT2D eigenvalue weighted by molar-refractivity contribution is 5.98. The van der Waals surface area contributed by atoms with Crippen LogP contribution in [0.5, 0.6) is 0 Å². The van der Waals surface area contributed by atoms with Crippen LogP contribution in [0.25, 0.3) is 10.8 Å². The second-order valence-corrected chi connectivity index (χ2v) is 8.88. The Morgan fingerprint density at radius 2 is 1.48 bits per heavy atom. The number of nitrogens with zero attached hydrogens (tertiary/aromatic N) is 3. The number of carbonyl (C=O) groups is 2. The van der Waals surface area contributed by atoms with Gasteiger partial charge < -0.3 is 9.80 Å². The maximum absolute atomic E-state index is 13.5. The predicted octanol–water partition coefficient (Wildman–Crippen LogP) is 2.82. The van der Waals surface area contributed by atoms with Gasteiger partial charge in [0.05, 0.1) is 0 Å². The van der Waals surface area contributed by atoms with Crippen molar-refractivity contribution in [3.8, 4) is 0 Å². The van der Waals surface area contributed by atoms with Gasteiger partial charge in [-0.2, -0.15) is 0 Å². The van der Waals surface area contributed by atoms with Crippen LogP contribution in [0.15, 0.2) is 66.7 Å². The lowest BCUT2D eigenvalue weighted by Crippen LogP contribution is -2.70. The summed E-state index contributed by atoms with van der Waals surface area (Å²) in [5, 5.41) is 2.49. The Hall–Kier alpha value is -3.18. The van der Waals surface area contributed by atoms with Gasteiger partial charge in [0.25, 0.3) is 0 Å². The van der Waals surface area contributed by atoms with Crippen molar-refractivity contribution in [3.63, 3.8) is 0 Å². The van der Waals surface area contributed by atoms with Crippen LogP contribution in [0.3, 0.4) is 0 Å². The smallest absolute Gasteiger partial charge is 0.247 e. The van der Waals surface area contributed by atoms with Gasteiger partial charge in [-0.05, 0) is 27.5 Å². The van der Waals surface area contributed by atoms with Crippen molar-refractivity contribution in [1.82, 2.24) is 14.7 Å². The summed E-state index contributed by atoms with van der Waals surface area (Å²) in [6.07, 6.45) is 0.629. The SMILES string of the molecule is O=C1C2Cc3ccccc3CN2C(=O)C2CN(Cc3cccc4ccccc34)CCN12. The molecule has 31 heavy (non-hydrogen) atoms. The summed E-state index contributed by atoms with van der Waals surface area (Å²) in [7, 11) is 0. The van der Waals surface area contributed by atoms with E-state index in [4.69, 9.17) is 0 Å². The van der Waals surface area contributed by atoms with Crippen LogP contribution in [-0.4, -0.2) is 58.2 Å². The van der Waals surface area contributed by atoms with Crippen LogP contribution >= 0.6 is 0 Å². The first kappa shape index (κ1) is 18.6. The Kier molecular flexibility index (Phi) is 4.32. The lowest BCUT2D eigenvalue weighted by molar-refractivity contribution is -0.167. The number of hydrogen-bond acceptors (Lipinski definition) is 3. The molecule has 0 spiro atoms. The molecule has 3 aromatic carbocycles. The van der Waals surface area contributed by atoms with E-state index in [2.05, 4.69) is 59.5 Å². The third kappa shape index (κ3) is 3.03.